The number of aliphatic hydroxyl groups is 1. The largest absolute Gasteiger partial charge is 0.472 e. The van der Waals surface area contributed by atoms with Crippen molar-refractivity contribution < 1.29 is 80.2 Å². The van der Waals surface area contributed by atoms with E-state index in [0.29, 0.717) is 25.7 Å². The summed E-state index contributed by atoms with van der Waals surface area (Å²) in [5, 5.41) is 10.6. The molecule has 2 unspecified atom stereocenters. The van der Waals surface area contributed by atoms with Crippen LogP contribution in [0.4, 0.5) is 0 Å². The predicted molar refractivity (Wildman–Crippen MR) is 400 cm³/mol. The number of rotatable bonds is 78. The zero-order valence-electron chi connectivity index (χ0n) is 64.1. The molecule has 0 heterocycles. The molecule has 17 nitrogen and oxygen atoms in total. The molecule has 0 rings (SSSR count). The molecule has 3 N–H and O–H groups in total. The lowest BCUT2D eigenvalue weighted by Crippen LogP contribution is -2.30. The van der Waals surface area contributed by atoms with Gasteiger partial charge >= 0.3 is 39.5 Å². The Morgan fingerprint density at radius 3 is 0.694 bits per heavy atom. The highest BCUT2D eigenvalue weighted by Crippen LogP contribution is 2.45. The van der Waals surface area contributed by atoms with E-state index in [4.69, 9.17) is 37.0 Å². The van der Waals surface area contributed by atoms with Crippen LogP contribution in [0, 0.1) is 11.8 Å². The average molecular weight is 1440 g/mol. The Morgan fingerprint density at radius 1 is 0.276 bits per heavy atom. The molecule has 0 aromatic rings. The van der Waals surface area contributed by atoms with Crippen molar-refractivity contribution in [2.45, 2.75) is 432 Å². The predicted octanol–water partition coefficient (Wildman–Crippen LogP) is 23.5. The Hall–Kier alpha value is -1.94. The molecular weight excluding hydrogens is 1280 g/mol. The number of carbonyl (C=O) groups is 4. The maximum absolute atomic E-state index is 13.1. The van der Waals surface area contributed by atoms with E-state index in [2.05, 4.69) is 41.5 Å². The third-order valence-corrected chi connectivity index (χ3v) is 20.4. The molecule has 0 aromatic heterocycles. The van der Waals surface area contributed by atoms with Crippen molar-refractivity contribution in [3.05, 3.63) is 0 Å². The summed E-state index contributed by atoms with van der Waals surface area (Å²) in [5.74, 6) is -0.615. The second kappa shape index (κ2) is 70.7. The summed E-state index contributed by atoms with van der Waals surface area (Å²) in [7, 11) is -9.92. The molecule has 0 aromatic carbocycles. The molecule has 0 spiro atoms. The number of unbranched alkanes of at least 4 members (excludes halogenated alkanes) is 48. The van der Waals surface area contributed by atoms with Crippen molar-refractivity contribution in [1.29, 1.82) is 0 Å². The van der Waals surface area contributed by atoms with E-state index in [1.807, 2.05) is 0 Å². The molecule has 19 heteroatoms. The van der Waals surface area contributed by atoms with E-state index < -0.39 is 97.5 Å². The number of aliphatic hydroxyl groups excluding tert-OH is 1. The van der Waals surface area contributed by atoms with Crippen LogP contribution < -0.4 is 0 Å². The fourth-order valence-corrected chi connectivity index (χ4v) is 13.8. The van der Waals surface area contributed by atoms with Gasteiger partial charge in [0, 0.05) is 25.7 Å². The molecule has 0 saturated heterocycles. The lowest BCUT2D eigenvalue weighted by molar-refractivity contribution is -0.161. The smallest absolute Gasteiger partial charge is 0.462 e. The van der Waals surface area contributed by atoms with Gasteiger partial charge in [0.1, 0.15) is 19.3 Å². The van der Waals surface area contributed by atoms with Crippen LogP contribution in [0.25, 0.3) is 0 Å². The molecule has 582 valence electrons. The molecule has 0 aliphatic rings. The van der Waals surface area contributed by atoms with Crippen molar-refractivity contribution in [3.63, 3.8) is 0 Å². The molecule has 0 radical (unpaired) electrons. The molecule has 0 fully saturated rings. The van der Waals surface area contributed by atoms with Gasteiger partial charge in [-0.25, -0.2) is 9.13 Å². The van der Waals surface area contributed by atoms with E-state index in [1.54, 1.807) is 0 Å². The Bertz CT molecular complexity index is 1890. The van der Waals surface area contributed by atoms with Gasteiger partial charge in [0.25, 0.3) is 0 Å². The van der Waals surface area contributed by atoms with Crippen LogP contribution in [0.2, 0.25) is 0 Å². The zero-order chi connectivity index (χ0) is 72.1. The van der Waals surface area contributed by atoms with Gasteiger partial charge in [-0.2, -0.15) is 0 Å². The van der Waals surface area contributed by atoms with Gasteiger partial charge in [0.2, 0.25) is 0 Å². The van der Waals surface area contributed by atoms with Crippen molar-refractivity contribution in [2.24, 2.45) is 11.8 Å². The van der Waals surface area contributed by atoms with E-state index in [0.717, 1.165) is 102 Å². The molecule has 98 heavy (non-hydrogen) atoms. The lowest BCUT2D eigenvalue weighted by Gasteiger charge is -2.21. The molecule has 0 saturated carbocycles. The second-order valence-corrected chi connectivity index (χ2v) is 32.3. The number of phosphoric acid groups is 2. The van der Waals surface area contributed by atoms with Crippen molar-refractivity contribution in [2.75, 3.05) is 39.6 Å². The number of hydrogen-bond donors (Lipinski definition) is 3. The minimum absolute atomic E-state index is 0.106. The van der Waals surface area contributed by atoms with Crippen molar-refractivity contribution in [1.82, 2.24) is 0 Å². The Morgan fingerprint density at radius 2 is 0.469 bits per heavy atom. The van der Waals surface area contributed by atoms with Gasteiger partial charge in [0.15, 0.2) is 12.2 Å². The summed E-state index contributed by atoms with van der Waals surface area (Å²) in [6.45, 7) is 9.59. The van der Waals surface area contributed by atoms with Crippen molar-refractivity contribution >= 4 is 39.5 Å². The minimum atomic E-state index is -4.96. The van der Waals surface area contributed by atoms with Crippen LogP contribution in [0.3, 0.4) is 0 Å². The van der Waals surface area contributed by atoms with Crippen LogP contribution in [0.5, 0.6) is 0 Å². The Balaban J connectivity index is 5.25. The molecule has 0 amide bonds. The third kappa shape index (κ3) is 72.4. The van der Waals surface area contributed by atoms with Gasteiger partial charge in [-0.1, -0.05) is 363 Å². The van der Waals surface area contributed by atoms with E-state index in [1.165, 1.54) is 231 Å². The first-order valence-electron chi connectivity index (χ1n) is 41.0. The highest BCUT2D eigenvalue weighted by Gasteiger charge is 2.30. The summed E-state index contributed by atoms with van der Waals surface area (Å²) >= 11 is 0. The Labute approximate surface area is 600 Å². The van der Waals surface area contributed by atoms with E-state index >= 15 is 0 Å². The van der Waals surface area contributed by atoms with E-state index in [9.17, 15) is 43.2 Å². The van der Waals surface area contributed by atoms with Gasteiger partial charge in [-0.05, 0) is 37.5 Å². The summed E-state index contributed by atoms with van der Waals surface area (Å²) in [6.07, 6.45) is 59.6. The normalized spacial score (nSPS) is 13.9. The topological polar surface area (TPSA) is 237 Å². The van der Waals surface area contributed by atoms with Crippen LogP contribution in [0.1, 0.15) is 414 Å². The van der Waals surface area contributed by atoms with Gasteiger partial charge in [-0.15, -0.1) is 0 Å². The highest BCUT2D eigenvalue weighted by atomic mass is 31.2. The summed E-state index contributed by atoms with van der Waals surface area (Å²) in [5.41, 5.74) is 0. The van der Waals surface area contributed by atoms with Gasteiger partial charge < -0.3 is 33.8 Å². The maximum atomic E-state index is 13.1. The molecular formula is C79H154O17P2. The number of hydrogen-bond acceptors (Lipinski definition) is 15. The average Bonchev–Trinajstić information content (AvgIpc) is 1.19. The molecule has 0 bridgehead atoms. The van der Waals surface area contributed by atoms with Gasteiger partial charge in [0.05, 0.1) is 26.4 Å². The van der Waals surface area contributed by atoms with Crippen LogP contribution >= 0.6 is 15.6 Å². The monoisotopic (exact) mass is 1440 g/mol. The number of ether oxygens (including phenoxy) is 4. The van der Waals surface area contributed by atoms with Crippen LogP contribution in [-0.4, -0.2) is 96.7 Å². The number of esters is 4. The molecule has 0 aliphatic heterocycles. The summed E-state index contributed by atoms with van der Waals surface area (Å²) in [6, 6.07) is 0. The summed E-state index contributed by atoms with van der Waals surface area (Å²) < 4.78 is 68.7. The lowest BCUT2D eigenvalue weighted by atomic mass is 10.0. The minimum Gasteiger partial charge on any atom is -0.462 e. The molecule has 5 atom stereocenters. The number of phosphoric ester groups is 2. The standard InChI is InChI=1S/C79H154O17P2/c1-7-9-11-13-15-17-19-21-23-24-25-26-27-29-31-38-45-51-57-63-78(83)95-74(67-89-76(81)61-55-49-43-37-30-28-22-20-18-16-14-12-10-8-2)69-93-97(85,86)91-65-73(80)66-92-98(87,88)94-70-75(68-90-77(82)62-56-50-44-40-34-36-42-48-54-60-72(5)6)96-79(84)64-58-52-46-39-33-32-35-41-47-53-59-71(3)4/h71-75,80H,7-70H2,1-6H3,(H,85,86)(H,87,88)/t73-,74-,75-/m1/s1. The quantitative estimate of drug-likeness (QED) is 0.0222. The van der Waals surface area contributed by atoms with Gasteiger partial charge in [-0.3, -0.25) is 37.3 Å². The first kappa shape index (κ1) is 96.1. The van der Waals surface area contributed by atoms with Crippen molar-refractivity contribution in [3.8, 4) is 0 Å². The maximum Gasteiger partial charge on any atom is 0.472 e. The number of carbonyl (C=O) groups excluding carboxylic acids is 4. The first-order valence-corrected chi connectivity index (χ1v) is 44.0. The zero-order valence-corrected chi connectivity index (χ0v) is 65.9. The van der Waals surface area contributed by atoms with Crippen LogP contribution in [-0.2, 0) is 65.4 Å². The fourth-order valence-electron chi connectivity index (χ4n) is 12.2. The summed E-state index contributed by atoms with van der Waals surface area (Å²) in [4.78, 5) is 73.0. The first-order chi connectivity index (χ1) is 47.4. The highest BCUT2D eigenvalue weighted by molar-refractivity contribution is 7.47. The Kier molecular flexibility index (Phi) is 69.3. The van der Waals surface area contributed by atoms with Crippen LogP contribution in [0.15, 0.2) is 0 Å². The SMILES string of the molecule is CCCCCCCCCCCCCCCCCCCCCC(=O)O[C@H](COC(=O)CCCCCCCCCCCCCCCC)COP(=O)(O)OC[C@@H](O)COP(=O)(O)OC[C@@H](COC(=O)CCCCCCCCCCCC(C)C)OC(=O)CCCCCCCCCCCCC(C)C. The third-order valence-electron chi connectivity index (χ3n) is 18.5. The van der Waals surface area contributed by atoms with E-state index in [-0.39, 0.29) is 25.7 Å². The second-order valence-electron chi connectivity index (χ2n) is 29.4. The molecule has 0 aliphatic carbocycles. The fraction of sp³-hybridized carbons (Fsp3) is 0.949.